The monoisotopic (exact) mass is 341 g/mol. The van der Waals surface area contributed by atoms with Gasteiger partial charge in [0, 0.05) is 16.8 Å². The Balaban J connectivity index is 2.01. The van der Waals surface area contributed by atoms with Gasteiger partial charge in [-0.15, -0.1) is 9.24 Å². The molecule has 4 nitrogen and oxygen atoms in total. The molecule has 1 unspecified atom stereocenters. The first kappa shape index (κ1) is 14.4. The van der Waals surface area contributed by atoms with Gasteiger partial charge in [-0.2, -0.15) is 0 Å². The van der Waals surface area contributed by atoms with Crippen LogP contribution < -0.4 is 10.0 Å². The van der Waals surface area contributed by atoms with Crippen molar-refractivity contribution in [1.82, 2.24) is 15.0 Å². The van der Waals surface area contributed by atoms with Crippen molar-refractivity contribution in [2.24, 2.45) is 0 Å². The predicted molar refractivity (Wildman–Crippen MR) is 83.2 cm³/mol. The minimum absolute atomic E-state index is 0.0498. The van der Waals surface area contributed by atoms with E-state index >= 15 is 0 Å². The zero-order chi connectivity index (χ0) is 15.0. The summed E-state index contributed by atoms with van der Waals surface area (Å²) < 4.78 is 18.7. The van der Waals surface area contributed by atoms with Gasteiger partial charge in [0.2, 0.25) is 11.2 Å². The maximum Gasteiger partial charge on any atom is 0.224 e. The van der Waals surface area contributed by atoms with E-state index in [1.807, 2.05) is 0 Å². The zero-order valence-electron chi connectivity index (χ0n) is 10.3. The lowest BCUT2D eigenvalue weighted by Crippen LogP contribution is -2.00. The van der Waals surface area contributed by atoms with E-state index < -0.39 is 0 Å². The number of pyridine rings is 1. The number of rotatable bonds is 2. The number of nitrogens with zero attached hydrogens (tertiary/aromatic N) is 3. The van der Waals surface area contributed by atoms with E-state index in [9.17, 15) is 4.39 Å². The normalized spacial score (nSPS) is 10.9. The van der Waals surface area contributed by atoms with E-state index in [0.717, 1.165) is 0 Å². The molecule has 21 heavy (non-hydrogen) atoms. The van der Waals surface area contributed by atoms with Crippen LogP contribution in [0, 0.1) is 5.82 Å². The molecular weight excluding hydrogens is 335 g/mol. The minimum atomic E-state index is -0.343. The third kappa shape index (κ3) is 3.05. The summed E-state index contributed by atoms with van der Waals surface area (Å²) in [5.41, 5.74) is 0.512. The zero-order valence-corrected chi connectivity index (χ0v) is 13.0. The summed E-state index contributed by atoms with van der Waals surface area (Å²) >= 11 is 11.7. The van der Waals surface area contributed by atoms with Crippen LogP contribution in [0.3, 0.4) is 0 Å². The number of benzene rings is 1. The van der Waals surface area contributed by atoms with Gasteiger partial charge < -0.3 is 4.74 Å². The van der Waals surface area contributed by atoms with Crippen LogP contribution in [0.1, 0.15) is 0 Å². The molecule has 0 radical (unpaired) electrons. The van der Waals surface area contributed by atoms with Crippen LogP contribution in [-0.2, 0) is 0 Å². The van der Waals surface area contributed by atoms with Gasteiger partial charge in [-0.1, -0.05) is 11.6 Å². The molecule has 0 N–H and O–H groups in total. The highest BCUT2D eigenvalue weighted by atomic mass is 35.5. The number of halogens is 3. The minimum Gasteiger partial charge on any atom is -0.438 e. The average Bonchev–Trinajstić information content (AvgIpc) is 2.42. The maximum absolute atomic E-state index is 13.1. The second-order valence-electron chi connectivity index (χ2n) is 4.11. The largest absolute Gasteiger partial charge is 0.438 e. The van der Waals surface area contributed by atoms with Crippen molar-refractivity contribution in [3.05, 3.63) is 46.7 Å². The second kappa shape index (κ2) is 5.68. The SMILES string of the molecule is Fc1ccc(Oc2cc3c(Cl)nc(Cl)nc3cn2)c(P)c1. The second-order valence-corrected chi connectivity index (χ2v) is 5.43. The van der Waals surface area contributed by atoms with Gasteiger partial charge in [0.05, 0.1) is 11.7 Å². The van der Waals surface area contributed by atoms with Crippen molar-refractivity contribution < 1.29 is 9.13 Å². The summed E-state index contributed by atoms with van der Waals surface area (Å²) in [6.45, 7) is 0. The molecule has 0 bridgehead atoms. The molecule has 1 atom stereocenters. The lowest BCUT2D eigenvalue weighted by molar-refractivity contribution is 0.466. The van der Waals surface area contributed by atoms with E-state index in [1.54, 1.807) is 6.07 Å². The molecule has 3 rings (SSSR count). The first-order valence-corrected chi connectivity index (χ1v) is 7.08. The summed E-state index contributed by atoms with van der Waals surface area (Å²) in [5, 5.41) is 1.41. The van der Waals surface area contributed by atoms with Crippen LogP contribution in [0.15, 0.2) is 30.5 Å². The molecule has 106 valence electrons. The van der Waals surface area contributed by atoms with Crippen molar-refractivity contribution in [1.29, 1.82) is 0 Å². The third-order valence-electron chi connectivity index (χ3n) is 2.67. The Morgan fingerprint density at radius 1 is 1.14 bits per heavy atom. The van der Waals surface area contributed by atoms with E-state index in [0.29, 0.717) is 27.8 Å². The van der Waals surface area contributed by atoms with Gasteiger partial charge in [0.25, 0.3) is 0 Å². The summed E-state index contributed by atoms with van der Waals surface area (Å²) in [6.07, 6.45) is 1.48. The van der Waals surface area contributed by atoms with E-state index in [-0.39, 0.29) is 16.3 Å². The smallest absolute Gasteiger partial charge is 0.224 e. The molecule has 0 amide bonds. The molecule has 2 aromatic heterocycles. The maximum atomic E-state index is 13.1. The van der Waals surface area contributed by atoms with Crippen molar-refractivity contribution in [2.75, 3.05) is 0 Å². The molecule has 0 saturated heterocycles. The average molecular weight is 342 g/mol. The van der Waals surface area contributed by atoms with Gasteiger partial charge in [-0.3, -0.25) is 0 Å². The molecule has 2 heterocycles. The van der Waals surface area contributed by atoms with E-state index in [2.05, 4.69) is 24.2 Å². The third-order valence-corrected chi connectivity index (χ3v) is 3.58. The van der Waals surface area contributed by atoms with Crippen LogP contribution in [0.5, 0.6) is 11.6 Å². The lowest BCUT2D eigenvalue weighted by Gasteiger charge is -2.08. The number of fused-ring (bicyclic) bond motifs is 1. The molecule has 0 aliphatic rings. The molecule has 1 aromatic carbocycles. The fraction of sp³-hybridized carbons (Fsp3) is 0. The van der Waals surface area contributed by atoms with Crippen LogP contribution in [0.4, 0.5) is 4.39 Å². The molecule has 3 aromatic rings. The van der Waals surface area contributed by atoms with Crippen LogP contribution >= 0.6 is 32.4 Å². The Bertz CT molecular complexity index is 847. The molecule has 0 saturated carbocycles. The number of hydrogen-bond acceptors (Lipinski definition) is 4. The number of hydrogen-bond donors (Lipinski definition) is 0. The fourth-order valence-electron chi connectivity index (χ4n) is 1.73. The Labute approximate surface area is 131 Å². The van der Waals surface area contributed by atoms with E-state index in [1.165, 1.54) is 24.4 Å². The van der Waals surface area contributed by atoms with Gasteiger partial charge in [0.1, 0.15) is 16.7 Å². The Kier molecular flexibility index (Phi) is 3.89. The standard InChI is InChI=1S/C13H7Cl2FN3OP/c14-12-7-4-11(17-5-8(7)18-13(15)19-12)20-9-2-1-6(16)3-10(9)21/h1-5H,21H2. The molecule has 8 heteroatoms. The predicted octanol–water partition coefficient (Wildman–Crippen LogP) is 3.76. The Morgan fingerprint density at radius 2 is 1.95 bits per heavy atom. The Hall–Kier alpha value is -1.55. The van der Waals surface area contributed by atoms with Crippen LogP contribution in [0.2, 0.25) is 10.4 Å². The summed E-state index contributed by atoms with van der Waals surface area (Å²) in [7, 11) is 2.40. The van der Waals surface area contributed by atoms with Gasteiger partial charge in [-0.25, -0.2) is 19.3 Å². The van der Waals surface area contributed by atoms with Crippen LogP contribution in [-0.4, -0.2) is 15.0 Å². The molecule has 0 aliphatic carbocycles. The highest BCUT2D eigenvalue weighted by Gasteiger charge is 2.09. The number of ether oxygens (including phenoxy) is 1. The van der Waals surface area contributed by atoms with Crippen molar-refractivity contribution in [3.63, 3.8) is 0 Å². The van der Waals surface area contributed by atoms with Gasteiger partial charge >= 0.3 is 0 Å². The lowest BCUT2D eigenvalue weighted by atomic mass is 10.3. The van der Waals surface area contributed by atoms with E-state index in [4.69, 9.17) is 27.9 Å². The molecule has 0 spiro atoms. The quantitative estimate of drug-likeness (QED) is 0.404. The summed E-state index contributed by atoms with van der Waals surface area (Å²) in [4.78, 5) is 12.0. The van der Waals surface area contributed by atoms with Crippen molar-refractivity contribution >= 4 is 48.6 Å². The molecular formula is C13H7Cl2FN3OP. The first-order valence-electron chi connectivity index (χ1n) is 5.74. The number of aromatic nitrogens is 3. The van der Waals surface area contributed by atoms with Gasteiger partial charge in [-0.05, 0) is 29.8 Å². The highest BCUT2D eigenvalue weighted by Crippen LogP contribution is 2.27. The fourth-order valence-corrected chi connectivity index (χ4v) is 2.49. The van der Waals surface area contributed by atoms with Gasteiger partial charge in [0.15, 0.2) is 0 Å². The summed E-state index contributed by atoms with van der Waals surface area (Å²) in [6, 6.07) is 5.77. The molecule has 0 fully saturated rings. The molecule has 0 aliphatic heterocycles. The van der Waals surface area contributed by atoms with Crippen molar-refractivity contribution in [2.45, 2.75) is 0 Å². The Morgan fingerprint density at radius 3 is 2.71 bits per heavy atom. The van der Waals surface area contributed by atoms with Crippen LogP contribution in [0.25, 0.3) is 10.9 Å². The highest BCUT2D eigenvalue weighted by molar-refractivity contribution is 7.27. The van der Waals surface area contributed by atoms with Crippen molar-refractivity contribution in [3.8, 4) is 11.6 Å². The summed E-state index contributed by atoms with van der Waals surface area (Å²) in [5.74, 6) is 0.426. The first-order chi connectivity index (χ1) is 10.0. The topological polar surface area (TPSA) is 47.9 Å².